The van der Waals surface area contributed by atoms with E-state index in [1.807, 2.05) is 19.1 Å². The highest BCUT2D eigenvalue weighted by molar-refractivity contribution is 7.98. The van der Waals surface area contributed by atoms with Crippen molar-refractivity contribution in [3.63, 3.8) is 0 Å². The number of carboxylic acid groups (broad SMARTS) is 1. The smallest absolute Gasteiger partial charge is 0.372 e. The maximum atomic E-state index is 11.0. The lowest BCUT2D eigenvalue weighted by atomic mass is 10.3. The maximum Gasteiger partial charge on any atom is 0.372 e. The first-order valence-corrected chi connectivity index (χ1v) is 7.05. The summed E-state index contributed by atoms with van der Waals surface area (Å²) in [6.07, 6.45) is 1.37. The van der Waals surface area contributed by atoms with E-state index in [0.29, 0.717) is 23.6 Å². The molecule has 0 aliphatic rings. The van der Waals surface area contributed by atoms with Crippen LogP contribution in [0.2, 0.25) is 0 Å². The summed E-state index contributed by atoms with van der Waals surface area (Å²) in [4.78, 5) is 11.8. The highest BCUT2D eigenvalue weighted by Crippen LogP contribution is 2.32. The molecule has 0 saturated heterocycles. The Morgan fingerprint density at radius 1 is 1.45 bits per heavy atom. The van der Waals surface area contributed by atoms with E-state index in [1.165, 1.54) is 18.0 Å². The Bertz CT molecular complexity index is 609. The van der Waals surface area contributed by atoms with Crippen molar-refractivity contribution in [3.05, 3.63) is 41.9 Å². The predicted octanol–water partition coefficient (Wildman–Crippen LogP) is 3.25. The van der Waals surface area contributed by atoms with E-state index >= 15 is 0 Å². The highest BCUT2D eigenvalue weighted by Gasteiger charge is 2.14. The van der Waals surface area contributed by atoms with E-state index in [4.69, 9.17) is 20.0 Å². The Hall–Kier alpha value is -2.08. The van der Waals surface area contributed by atoms with Crippen molar-refractivity contribution in [1.29, 1.82) is 0 Å². The summed E-state index contributed by atoms with van der Waals surface area (Å²) in [7, 11) is 0. The molecule has 20 heavy (non-hydrogen) atoms. The number of hydrogen-bond donors (Lipinski definition) is 2. The van der Waals surface area contributed by atoms with E-state index in [1.54, 1.807) is 12.1 Å². The number of thioether (sulfide) groups is 1. The third-order valence-electron chi connectivity index (χ3n) is 2.62. The van der Waals surface area contributed by atoms with Gasteiger partial charge in [0.15, 0.2) is 0 Å². The van der Waals surface area contributed by atoms with Gasteiger partial charge in [0.05, 0.1) is 12.9 Å². The zero-order valence-electron chi connectivity index (χ0n) is 11.0. The predicted molar refractivity (Wildman–Crippen MR) is 77.3 cm³/mol. The molecule has 6 heteroatoms. The van der Waals surface area contributed by atoms with Gasteiger partial charge in [0.25, 0.3) is 0 Å². The van der Waals surface area contributed by atoms with Gasteiger partial charge in [0.2, 0.25) is 5.76 Å². The van der Waals surface area contributed by atoms with Crippen LogP contribution in [0.3, 0.4) is 0 Å². The Morgan fingerprint density at radius 3 is 2.95 bits per heavy atom. The van der Waals surface area contributed by atoms with Crippen LogP contribution < -0.4 is 10.5 Å². The SMILES string of the molecule is CCOc1ccc(N)c(SCc2ccoc2C(=O)O)c1. The van der Waals surface area contributed by atoms with Crippen LogP contribution >= 0.6 is 11.8 Å². The first kappa shape index (κ1) is 14.3. The number of hydrogen-bond acceptors (Lipinski definition) is 5. The largest absolute Gasteiger partial charge is 0.494 e. The van der Waals surface area contributed by atoms with E-state index in [0.717, 1.165) is 10.6 Å². The monoisotopic (exact) mass is 293 g/mol. The molecule has 0 unspecified atom stereocenters. The van der Waals surface area contributed by atoms with Crippen molar-refractivity contribution in [2.45, 2.75) is 17.6 Å². The Morgan fingerprint density at radius 2 is 2.25 bits per heavy atom. The number of aromatic carboxylic acids is 1. The average molecular weight is 293 g/mol. The van der Waals surface area contributed by atoms with Crippen LogP contribution in [0.15, 0.2) is 39.8 Å². The van der Waals surface area contributed by atoms with Gasteiger partial charge >= 0.3 is 5.97 Å². The van der Waals surface area contributed by atoms with Crippen LogP contribution in [0.25, 0.3) is 0 Å². The Balaban J connectivity index is 2.12. The van der Waals surface area contributed by atoms with Crippen molar-refractivity contribution < 1.29 is 19.1 Å². The van der Waals surface area contributed by atoms with Gasteiger partial charge in [-0.25, -0.2) is 4.79 Å². The molecular formula is C14H15NO4S. The van der Waals surface area contributed by atoms with E-state index in [-0.39, 0.29) is 5.76 Å². The fourth-order valence-electron chi connectivity index (χ4n) is 1.69. The van der Waals surface area contributed by atoms with Gasteiger partial charge in [-0.15, -0.1) is 11.8 Å². The number of nitrogen functional groups attached to an aromatic ring is 1. The summed E-state index contributed by atoms with van der Waals surface area (Å²) in [5.41, 5.74) is 7.17. The maximum absolute atomic E-state index is 11.0. The van der Waals surface area contributed by atoms with Crippen LogP contribution in [-0.2, 0) is 5.75 Å². The zero-order valence-corrected chi connectivity index (χ0v) is 11.8. The number of rotatable bonds is 6. The molecular weight excluding hydrogens is 278 g/mol. The molecule has 1 heterocycles. The average Bonchev–Trinajstić information content (AvgIpc) is 2.88. The second-order valence-electron chi connectivity index (χ2n) is 4.00. The molecule has 0 spiro atoms. The van der Waals surface area contributed by atoms with Gasteiger partial charge in [-0.1, -0.05) is 0 Å². The second kappa shape index (κ2) is 6.38. The molecule has 0 aliphatic carbocycles. The van der Waals surface area contributed by atoms with E-state index in [9.17, 15) is 4.79 Å². The third-order valence-corrected chi connectivity index (χ3v) is 3.74. The lowest BCUT2D eigenvalue weighted by Crippen LogP contribution is -1.98. The van der Waals surface area contributed by atoms with Crippen LogP contribution in [0, 0.1) is 0 Å². The number of benzene rings is 1. The summed E-state index contributed by atoms with van der Waals surface area (Å²) in [6.45, 7) is 2.49. The van der Waals surface area contributed by atoms with Gasteiger partial charge in [-0.2, -0.15) is 0 Å². The van der Waals surface area contributed by atoms with E-state index in [2.05, 4.69) is 0 Å². The molecule has 0 radical (unpaired) electrons. The van der Waals surface area contributed by atoms with Crippen molar-refractivity contribution in [2.24, 2.45) is 0 Å². The number of anilines is 1. The molecule has 2 rings (SSSR count). The van der Waals surface area contributed by atoms with Crippen molar-refractivity contribution >= 4 is 23.4 Å². The standard InChI is InChI=1S/C14H15NO4S/c1-2-18-10-3-4-11(15)12(7-10)20-8-9-5-6-19-13(9)14(16)17/h3-7H,2,8,15H2,1H3,(H,16,17). The van der Waals surface area contributed by atoms with Crippen LogP contribution in [0.1, 0.15) is 23.0 Å². The van der Waals surface area contributed by atoms with Gasteiger partial charge in [-0.05, 0) is 31.2 Å². The van der Waals surface area contributed by atoms with Crippen LogP contribution in [0.4, 0.5) is 5.69 Å². The molecule has 0 fully saturated rings. The molecule has 0 atom stereocenters. The van der Waals surface area contributed by atoms with Crippen LogP contribution in [-0.4, -0.2) is 17.7 Å². The Labute approximate surface area is 120 Å². The third kappa shape index (κ3) is 3.27. The molecule has 1 aromatic heterocycles. The molecule has 0 amide bonds. The molecule has 0 aliphatic heterocycles. The lowest BCUT2D eigenvalue weighted by molar-refractivity contribution is 0.0661. The van der Waals surface area contributed by atoms with E-state index < -0.39 is 5.97 Å². The first-order valence-electron chi connectivity index (χ1n) is 6.06. The number of ether oxygens (including phenoxy) is 1. The topological polar surface area (TPSA) is 85.7 Å². The zero-order chi connectivity index (χ0) is 14.5. The number of nitrogens with two attached hydrogens (primary N) is 1. The van der Waals surface area contributed by atoms with Crippen molar-refractivity contribution in [3.8, 4) is 5.75 Å². The quantitative estimate of drug-likeness (QED) is 0.628. The van der Waals surface area contributed by atoms with Gasteiger partial charge < -0.3 is 20.0 Å². The minimum Gasteiger partial charge on any atom is -0.494 e. The molecule has 3 N–H and O–H groups in total. The minimum absolute atomic E-state index is 0.0305. The normalized spacial score (nSPS) is 10.4. The number of carbonyl (C=O) groups is 1. The molecule has 0 saturated carbocycles. The fraction of sp³-hybridized carbons (Fsp3) is 0.214. The molecule has 5 nitrogen and oxygen atoms in total. The van der Waals surface area contributed by atoms with Crippen LogP contribution in [0.5, 0.6) is 5.75 Å². The summed E-state index contributed by atoms with van der Waals surface area (Å²) in [5, 5.41) is 8.97. The molecule has 0 bridgehead atoms. The summed E-state index contributed by atoms with van der Waals surface area (Å²) in [6, 6.07) is 7.09. The molecule has 106 valence electrons. The van der Waals surface area contributed by atoms with Crippen molar-refractivity contribution in [2.75, 3.05) is 12.3 Å². The highest BCUT2D eigenvalue weighted by atomic mass is 32.2. The van der Waals surface area contributed by atoms with Gasteiger partial charge in [0.1, 0.15) is 5.75 Å². The summed E-state index contributed by atoms with van der Waals surface area (Å²) in [5.74, 6) is 0.117. The number of carboxylic acids is 1. The van der Waals surface area contributed by atoms with Gasteiger partial charge in [-0.3, -0.25) is 0 Å². The summed E-state index contributed by atoms with van der Waals surface area (Å²) < 4.78 is 10.4. The molecule has 1 aromatic carbocycles. The lowest BCUT2D eigenvalue weighted by Gasteiger charge is -2.08. The number of furan rings is 1. The van der Waals surface area contributed by atoms with Gasteiger partial charge in [0, 0.05) is 21.9 Å². The fourth-order valence-corrected chi connectivity index (χ4v) is 2.66. The first-order chi connectivity index (χ1) is 9.61. The van der Waals surface area contributed by atoms with Crippen molar-refractivity contribution in [1.82, 2.24) is 0 Å². The molecule has 2 aromatic rings. The second-order valence-corrected chi connectivity index (χ2v) is 5.02. The Kier molecular flexibility index (Phi) is 4.57. The minimum atomic E-state index is -1.07. The summed E-state index contributed by atoms with van der Waals surface area (Å²) >= 11 is 1.45.